The average molecular weight is 379 g/mol. The van der Waals surface area contributed by atoms with Crippen molar-refractivity contribution in [1.29, 1.82) is 0 Å². The van der Waals surface area contributed by atoms with Crippen LogP contribution in [0, 0.1) is 0 Å². The van der Waals surface area contributed by atoms with E-state index in [1.54, 1.807) is 25.1 Å². The van der Waals surface area contributed by atoms with Crippen molar-refractivity contribution in [2.45, 2.75) is 25.9 Å². The number of nitrogens with one attached hydrogen (secondary N) is 1. The Balaban J connectivity index is 2.29. The highest BCUT2D eigenvalue weighted by Crippen LogP contribution is 2.56. The molecule has 5 nitrogen and oxygen atoms in total. The minimum Gasteiger partial charge on any atom is -0.364 e. The number of carbonyl (C=O) groups is 1. The number of hydrogen-bond acceptors (Lipinski definition) is 3. The molecular formula is C18H20ClN2O3P. The zero-order chi connectivity index (χ0) is 18.2. The van der Waals surface area contributed by atoms with E-state index in [2.05, 4.69) is 4.98 Å². The molecule has 1 heterocycles. The van der Waals surface area contributed by atoms with Crippen LogP contribution >= 0.6 is 19.0 Å². The molecular weight excluding hydrogens is 359 g/mol. The van der Waals surface area contributed by atoms with E-state index in [1.165, 1.54) is 0 Å². The Hall–Kier alpha value is -1.81. The summed E-state index contributed by atoms with van der Waals surface area (Å²) in [6.07, 6.45) is 6.33. The fourth-order valence-electron chi connectivity index (χ4n) is 3.22. The molecule has 1 aromatic carbocycles. The number of benzene rings is 1. The monoisotopic (exact) mass is 378 g/mol. The van der Waals surface area contributed by atoms with Crippen LogP contribution < -0.4 is 11.0 Å². The van der Waals surface area contributed by atoms with Gasteiger partial charge in [-0.25, -0.2) is 0 Å². The Morgan fingerprint density at radius 3 is 2.88 bits per heavy atom. The molecule has 7 heteroatoms. The first-order valence-electron chi connectivity index (χ1n) is 8.06. The maximum absolute atomic E-state index is 14.1. The van der Waals surface area contributed by atoms with E-state index < -0.39 is 13.3 Å². The van der Waals surface area contributed by atoms with Crippen molar-refractivity contribution in [3.63, 3.8) is 0 Å². The number of carbonyl (C=O) groups excluding carboxylic acids is 1. The van der Waals surface area contributed by atoms with E-state index in [-0.39, 0.29) is 18.0 Å². The molecule has 0 aliphatic heterocycles. The van der Waals surface area contributed by atoms with Crippen LogP contribution in [0.4, 0.5) is 0 Å². The van der Waals surface area contributed by atoms with Gasteiger partial charge in [-0.3, -0.25) is 9.36 Å². The lowest BCUT2D eigenvalue weighted by Crippen LogP contribution is -2.26. The quantitative estimate of drug-likeness (QED) is 0.767. The lowest BCUT2D eigenvalue weighted by molar-refractivity contribution is 0.0997. The highest BCUT2D eigenvalue weighted by molar-refractivity contribution is 7.68. The lowest BCUT2D eigenvalue weighted by Gasteiger charge is -2.27. The topological polar surface area (TPSA) is 85.2 Å². The second-order valence-electron chi connectivity index (χ2n) is 6.09. The van der Waals surface area contributed by atoms with Crippen LogP contribution in [0.3, 0.4) is 0 Å². The van der Waals surface area contributed by atoms with Crippen molar-refractivity contribution < 1.29 is 13.9 Å². The van der Waals surface area contributed by atoms with Gasteiger partial charge in [0.2, 0.25) is 7.37 Å². The van der Waals surface area contributed by atoms with Crippen molar-refractivity contribution in [3.05, 3.63) is 52.7 Å². The van der Waals surface area contributed by atoms with Crippen LogP contribution in [-0.2, 0) is 9.09 Å². The molecule has 0 saturated heterocycles. The third kappa shape index (κ3) is 3.20. The molecule has 3 rings (SSSR count). The number of aromatic nitrogens is 1. The molecule has 0 bridgehead atoms. The van der Waals surface area contributed by atoms with Gasteiger partial charge in [0.15, 0.2) is 0 Å². The molecule has 2 aromatic rings. The number of H-pyrrole nitrogens is 1. The van der Waals surface area contributed by atoms with Crippen molar-refractivity contribution in [2.75, 3.05) is 6.61 Å². The molecule has 2 atom stereocenters. The first-order chi connectivity index (χ1) is 11.9. The fourth-order valence-corrected chi connectivity index (χ4v) is 6.28. The van der Waals surface area contributed by atoms with Crippen LogP contribution in [0.5, 0.6) is 0 Å². The predicted octanol–water partition coefficient (Wildman–Crippen LogP) is 4.13. The normalized spacial score (nSPS) is 19.6. The summed E-state index contributed by atoms with van der Waals surface area (Å²) in [5.41, 5.74) is 7.08. The van der Waals surface area contributed by atoms with Gasteiger partial charge < -0.3 is 15.2 Å². The van der Waals surface area contributed by atoms with Crippen LogP contribution in [0.25, 0.3) is 10.9 Å². The van der Waals surface area contributed by atoms with Crippen molar-refractivity contribution >= 4 is 41.1 Å². The molecule has 0 fully saturated rings. The standard InChI is InChI=1S/C18H20ClN2O3P/c1-3-24-25(23,13-6-4-5-11(2)9-13)17-14-10-12(19)7-8-15(14)21-16(17)18(20)22/h4-8,10,13,21H,3,9H2,1-2H3,(H2,20,22). The van der Waals surface area contributed by atoms with Crippen LogP contribution in [-0.4, -0.2) is 23.2 Å². The Bertz CT molecular complexity index is 945. The molecule has 0 radical (unpaired) electrons. The maximum Gasteiger partial charge on any atom is 0.266 e. The Morgan fingerprint density at radius 1 is 1.48 bits per heavy atom. The van der Waals surface area contributed by atoms with Crippen LogP contribution in [0.2, 0.25) is 5.02 Å². The summed E-state index contributed by atoms with van der Waals surface area (Å²) in [4.78, 5) is 15.0. The van der Waals surface area contributed by atoms with E-state index in [0.717, 1.165) is 5.57 Å². The number of nitrogens with two attached hydrogens (primary N) is 1. The molecule has 1 aliphatic rings. The van der Waals surface area contributed by atoms with E-state index in [4.69, 9.17) is 21.9 Å². The minimum absolute atomic E-state index is 0.120. The van der Waals surface area contributed by atoms with Gasteiger partial charge in [-0.05, 0) is 38.5 Å². The summed E-state index contributed by atoms with van der Waals surface area (Å²) in [6.45, 7) is 4.03. The van der Waals surface area contributed by atoms with E-state index in [9.17, 15) is 9.36 Å². The first-order valence-corrected chi connectivity index (χ1v) is 10.1. The SMILES string of the molecule is CCOP(=O)(c1c(C(N)=O)[nH]c2ccc(Cl)cc12)C1C=CC=C(C)C1. The molecule has 1 aliphatic carbocycles. The number of aromatic amines is 1. The molecule has 25 heavy (non-hydrogen) atoms. The van der Waals surface area contributed by atoms with Crippen molar-refractivity contribution in [1.82, 2.24) is 4.98 Å². The average Bonchev–Trinajstić information content (AvgIpc) is 2.94. The smallest absolute Gasteiger partial charge is 0.266 e. The number of rotatable bonds is 5. The Morgan fingerprint density at radius 2 is 2.24 bits per heavy atom. The summed E-state index contributed by atoms with van der Waals surface area (Å²) < 4.78 is 19.9. The van der Waals surface area contributed by atoms with E-state index in [1.807, 2.05) is 25.2 Å². The third-order valence-corrected chi connectivity index (χ3v) is 7.49. The van der Waals surface area contributed by atoms with Gasteiger partial charge in [-0.15, -0.1) is 0 Å². The second kappa shape index (κ2) is 6.83. The number of fused-ring (bicyclic) bond motifs is 1. The number of amides is 1. The van der Waals surface area contributed by atoms with Gasteiger partial charge in [-0.2, -0.15) is 0 Å². The van der Waals surface area contributed by atoms with Crippen LogP contribution in [0.15, 0.2) is 42.0 Å². The number of halogens is 1. The van der Waals surface area contributed by atoms with Crippen molar-refractivity contribution in [2.24, 2.45) is 5.73 Å². The third-order valence-electron chi connectivity index (χ3n) is 4.29. The zero-order valence-electron chi connectivity index (χ0n) is 14.1. The van der Waals surface area contributed by atoms with Gasteiger partial charge in [0, 0.05) is 15.9 Å². The zero-order valence-corrected chi connectivity index (χ0v) is 15.7. The van der Waals surface area contributed by atoms with Gasteiger partial charge in [0.1, 0.15) is 5.69 Å². The molecule has 0 spiro atoms. The predicted molar refractivity (Wildman–Crippen MR) is 102 cm³/mol. The van der Waals surface area contributed by atoms with Crippen molar-refractivity contribution in [3.8, 4) is 0 Å². The van der Waals surface area contributed by atoms with Gasteiger partial charge in [-0.1, -0.05) is 35.4 Å². The second-order valence-corrected chi connectivity index (χ2v) is 9.09. The largest absolute Gasteiger partial charge is 0.364 e. The molecule has 0 saturated carbocycles. The molecule has 1 amide bonds. The Labute approximate surface area is 151 Å². The van der Waals surface area contributed by atoms with E-state index in [0.29, 0.717) is 27.7 Å². The van der Waals surface area contributed by atoms with Gasteiger partial charge in [0.05, 0.1) is 17.6 Å². The lowest BCUT2D eigenvalue weighted by atomic mass is 10.1. The fraction of sp³-hybridized carbons (Fsp3) is 0.278. The molecule has 1 aromatic heterocycles. The highest BCUT2D eigenvalue weighted by Gasteiger charge is 2.40. The summed E-state index contributed by atoms with van der Waals surface area (Å²) in [7, 11) is -3.41. The molecule has 2 unspecified atom stereocenters. The molecule has 132 valence electrons. The summed E-state index contributed by atoms with van der Waals surface area (Å²) in [5.74, 6) is -0.672. The summed E-state index contributed by atoms with van der Waals surface area (Å²) in [5, 5.41) is 1.43. The minimum atomic E-state index is -3.41. The summed E-state index contributed by atoms with van der Waals surface area (Å²) >= 11 is 6.13. The number of primary amides is 1. The highest BCUT2D eigenvalue weighted by atomic mass is 35.5. The van der Waals surface area contributed by atoms with Crippen LogP contribution in [0.1, 0.15) is 30.8 Å². The number of allylic oxidation sites excluding steroid dienone is 4. The maximum atomic E-state index is 14.1. The molecule has 3 N–H and O–H groups in total. The number of hydrogen-bond donors (Lipinski definition) is 2. The van der Waals surface area contributed by atoms with Gasteiger partial charge in [0.25, 0.3) is 5.91 Å². The van der Waals surface area contributed by atoms with E-state index >= 15 is 0 Å². The van der Waals surface area contributed by atoms with Gasteiger partial charge >= 0.3 is 0 Å². The summed E-state index contributed by atoms with van der Waals surface area (Å²) in [6, 6.07) is 5.13. The Kier molecular flexibility index (Phi) is 4.92. The first kappa shape index (κ1) is 18.0.